The highest BCUT2D eigenvalue weighted by Crippen LogP contribution is 2.19. The molecule has 0 saturated heterocycles. The second-order valence-corrected chi connectivity index (χ2v) is 2.89. The van der Waals surface area contributed by atoms with E-state index >= 15 is 0 Å². The number of aryl methyl sites for hydroxylation is 1. The lowest BCUT2D eigenvalue weighted by Crippen LogP contribution is -1.92. The maximum atomic E-state index is 10.5. The van der Waals surface area contributed by atoms with Crippen molar-refractivity contribution in [3.05, 3.63) is 33.8 Å². The number of hydrogen-bond donors (Lipinski definition) is 0. The number of carbonyl (C=O) groups excluding carboxylic acids is 2. The average Bonchev–Trinajstić information content (AvgIpc) is 2.03. The third-order valence-electron chi connectivity index (χ3n) is 1.55. The van der Waals surface area contributed by atoms with Gasteiger partial charge in [0.2, 0.25) is 0 Å². The third kappa shape index (κ3) is 1.53. The summed E-state index contributed by atoms with van der Waals surface area (Å²) in [6, 6.07) is 3.28. The molecular weight excluding hydrogens is 176 g/mol. The Morgan fingerprint density at radius 3 is 2.42 bits per heavy atom. The zero-order chi connectivity index (χ0) is 9.14. The van der Waals surface area contributed by atoms with Gasteiger partial charge in [-0.3, -0.25) is 9.59 Å². The largest absolute Gasteiger partial charge is 0.298 e. The van der Waals surface area contributed by atoms with Crippen LogP contribution in [0.1, 0.15) is 26.3 Å². The van der Waals surface area contributed by atoms with Crippen LogP contribution in [0, 0.1) is 6.92 Å². The van der Waals surface area contributed by atoms with Crippen molar-refractivity contribution >= 4 is 24.2 Å². The summed E-state index contributed by atoms with van der Waals surface area (Å²) < 4.78 is 0. The molecule has 0 saturated carbocycles. The molecule has 0 aliphatic carbocycles. The minimum atomic E-state index is 0.261. The Labute approximate surface area is 75.2 Å². The zero-order valence-electron chi connectivity index (χ0n) is 6.50. The Morgan fingerprint density at radius 1 is 1.25 bits per heavy atom. The predicted molar refractivity (Wildman–Crippen MR) is 47.0 cm³/mol. The van der Waals surface area contributed by atoms with Gasteiger partial charge >= 0.3 is 0 Å². The monoisotopic (exact) mass is 182 g/mol. The number of carbonyl (C=O) groups is 2. The minimum Gasteiger partial charge on any atom is -0.298 e. The second kappa shape index (κ2) is 3.50. The van der Waals surface area contributed by atoms with E-state index in [0.717, 1.165) is 5.56 Å². The molecule has 0 bridgehead atoms. The van der Waals surface area contributed by atoms with Gasteiger partial charge in [0, 0.05) is 11.1 Å². The molecule has 0 aliphatic heterocycles. The summed E-state index contributed by atoms with van der Waals surface area (Å²) in [7, 11) is 0. The summed E-state index contributed by atoms with van der Waals surface area (Å²) in [5.41, 5.74) is 1.47. The van der Waals surface area contributed by atoms with Crippen LogP contribution in [-0.4, -0.2) is 12.6 Å². The van der Waals surface area contributed by atoms with Gasteiger partial charge in [-0.2, -0.15) is 0 Å². The van der Waals surface area contributed by atoms with E-state index < -0.39 is 0 Å². The van der Waals surface area contributed by atoms with Gasteiger partial charge in [-0.15, -0.1) is 0 Å². The fourth-order valence-electron chi connectivity index (χ4n) is 1.00. The number of rotatable bonds is 2. The number of halogens is 1. The van der Waals surface area contributed by atoms with Crippen molar-refractivity contribution in [1.29, 1.82) is 0 Å². The fourth-order valence-corrected chi connectivity index (χ4v) is 1.33. The Kier molecular flexibility index (Phi) is 2.61. The van der Waals surface area contributed by atoms with E-state index in [0.29, 0.717) is 23.2 Å². The SMILES string of the molecule is Cc1cc(Cl)c(C=O)c(C=O)c1. The van der Waals surface area contributed by atoms with Crippen LogP contribution in [0.5, 0.6) is 0 Å². The molecule has 0 spiro atoms. The quantitative estimate of drug-likeness (QED) is 0.658. The van der Waals surface area contributed by atoms with Gasteiger partial charge in [0.15, 0.2) is 12.6 Å². The summed E-state index contributed by atoms with van der Waals surface area (Å²) in [5, 5.41) is 0.326. The summed E-state index contributed by atoms with van der Waals surface area (Å²) in [6.45, 7) is 1.81. The maximum absolute atomic E-state index is 10.5. The standard InChI is InChI=1S/C9H7ClO2/c1-6-2-7(4-11)8(5-12)9(10)3-6/h2-5H,1H3. The first-order chi connectivity index (χ1) is 5.69. The summed E-state index contributed by atoms with van der Waals surface area (Å²) in [4.78, 5) is 20.9. The van der Waals surface area contributed by atoms with E-state index in [1.807, 2.05) is 6.92 Å². The van der Waals surface area contributed by atoms with Crippen LogP contribution in [0.15, 0.2) is 12.1 Å². The molecule has 0 fully saturated rings. The van der Waals surface area contributed by atoms with E-state index in [1.165, 1.54) is 0 Å². The highest BCUT2D eigenvalue weighted by atomic mass is 35.5. The minimum absolute atomic E-state index is 0.261. The molecule has 0 unspecified atom stereocenters. The maximum Gasteiger partial charge on any atom is 0.152 e. The van der Waals surface area contributed by atoms with Crippen molar-refractivity contribution in [2.75, 3.05) is 0 Å². The lowest BCUT2D eigenvalue weighted by molar-refractivity contribution is 0.109. The van der Waals surface area contributed by atoms with Crippen LogP contribution in [0.2, 0.25) is 5.02 Å². The molecular formula is C9H7ClO2. The fraction of sp³-hybridized carbons (Fsp3) is 0.111. The van der Waals surface area contributed by atoms with Crippen molar-refractivity contribution in [3.63, 3.8) is 0 Å². The number of aldehydes is 2. The van der Waals surface area contributed by atoms with Gasteiger partial charge < -0.3 is 0 Å². The molecule has 0 N–H and O–H groups in total. The lowest BCUT2D eigenvalue weighted by atomic mass is 10.1. The van der Waals surface area contributed by atoms with Gasteiger partial charge in [0.1, 0.15) is 0 Å². The first-order valence-electron chi connectivity index (χ1n) is 3.39. The smallest absolute Gasteiger partial charge is 0.152 e. The van der Waals surface area contributed by atoms with Crippen LogP contribution < -0.4 is 0 Å². The van der Waals surface area contributed by atoms with E-state index in [-0.39, 0.29) is 5.56 Å². The molecule has 1 rings (SSSR count). The molecule has 1 aromatic carbocycles. The average molecular weight is 183 g/mol. The van der Waals surface area contributed by atoms with Gasteiger partial charge in [-0.05, 0) is 24.6 Å². The lowest BCUT2D eigenvalue weighted by Gasteiger charge is -2.01. The van der Waals surface area contributed by atoms with Crippen LogP contribution in [0.3, 0.4) is 0 Å². The van der Waals surface area contributed by atoms with Crippen molar-refractivity contribution in [2.24, 2.45) is 0 Å². The number of hydrogen-bond acceptors (Lipinski definition) is 2. The number of benzene rings is 1. The zero-order valence-corrected chi connectivity index (χ0v) is 7.26. The second-order valence-electron chi connectivity index (χ2n) is 2.49. The van der Waals surface area contributed by atoms with Crippen molar-refractivity contribution in [3.8, 4) is 0 Å². The first kappa shape index (κ1) is 8.94. The normalized spacial score (nSPS) is 9.50. The Balaban J connectivity index is 3.43. The van der Waals surface area contributed by atoms with Gasteiger partial charge in [-0.25, -0.2) is 0 Å². The molecule has 0 heterocycles. The van der Waals surface area contributed by atoms with Gasteiger partial charge in [0.25, 0.3) is 0 Å². The Hall–Kier alpha value is -1.15. The van der Waals surface area contributed by atoms with Crippen LogP contribution in [-0.2, 0) is 0 Å². The molecule has 0 radical (unpaired) electrons. The van der Waals surface area contributed by atoms with Crippen LogP contribution in [0.4, 0.5) is 0 Å². The highest BCUT2D eigenvalue weighted by molar-refractivity contribution is 6.33. The van der Waals surface area contributed by atoms with E-state index in [4.69, 9.17) is 11.6 Å². The van der Waals surface area contributed by atoms with Crippen LogP contribution in [0.25, 0.3) is 0 Å². The van der Waals surface area contributed by atoms with Crippen LogP contribution >= 0.6 is 11.6 Å². The van der Waals surface area contributed by atoms with Gasteiger partial charge in [-0.1, -0.05) is 11.6 Å². The first-order valence-corrected chi connectivity index (χ1v) is 3.77. The molecule has 62 valence electrons. The molecule has 0 amide bonds. The summed E-state index contributed by atoms with van der Waals surface area (Å²) >= 11 is 5.72. The molecule has 12 heavy (non-hydrogen) atoms. The summed E-state index contributed by atoms with van der Waals surface area (Å²) in [6.07, 6.45) is 1.22. The molecule has 3 heteroatoms. The molecule has 0 atom stereocenters. The predicted octanol–water partition coefficient (Wildman–Crippen LogP) is 2.27. The molecule has 0 aromatic heterocycles. The Bertz CT molecular complexity index is 332. The molecule has 2 nitrogen and oxygen atoms in total. The highest BCUT2D eigenvalue weighted by Gasteiger charge is 2.05. The molecule has 0 aliphatic rings. The summed E-state index contributed by atoms with van der Waals surface area (Å²) in [5.74, 6) is 0. The Morgan fingerprint density at radius 2 is 1.92 bits per heavy atom. The third-order valence-corrected chi connectivity index (χ3v) is 1.86. The van der Waals surface area contributed by atoms with E-state index in [9.17, 15) is 9.59 Å². The van der Waals surface area contributed by atoms with Crippen molar-refractivity contribution < 1.29 is 9.59 Å². The topological polar surface area (TPSA) is 34.1 Å². The van der Waals surface area contributed by atoms with Crippen molar-refractivity contribution in [2.45, 2.75) is 6.92 Å². The molecule has 1 aromatic rings. The van der Waals surface area contributed by atoms with E-state index in [2.05, 4.69) is 0 Å². The van der Waals surface area contributed by atoms with Crippen molar-refractivity contribution in [1.82, 2.24) is 0 Å². The van der Waals surface area contributed by atoms with Gasteiger partial charge in [0.05, 0.1) is 5.02 Å². The van der Waals surface area contributed by atoms with E-state index in [1.54, 1.807) is 12.1 Å².